The number of fused-ring (bicyclic) bond motifs is 2. The van der Waals surface area contributed by atoms with Crippen LogP contribution in [0.25, 0.3) is 11.2 Å². The fraction of sp³-hybridized carbons (Fsp3) is 0.611. The Balaban J connectivity index is 1.74. The van der Waals surface area contributed by atoms with Crippen LogP contribution in [-0.2, 0) is 0 Å². The summed E-state index contributed by atoms with van der Waals surface area (Å²) in [5.74, 6) is 7.70. The van der Waals surface area contributed by atoms with Crippen LogP contribution in [0.15, 0.2) is 6.33 Å². The van der Waals surface area contributed by atoms with Gasteiger partial charge in [0.2, 0.25) is 5.82 Å². The molecule has 0 saturated heterocycles. The van der Waals surface area contributed by atoms with Gasteiger partial charge in [-0.05, 0) is 30.6 Å². The van der Waals surface area contributed by atoms with Crippen molar-refractivity contribution in [2.45, 2.75) is 50.9 Å². The molecule has 7 heteroatoms. The highest BCUT2D eigenvalue weighted by atomic mass is 16.3. The minimum atomic E-state index is -0.784. The first-order valence-corrected chi connectivity index (χ1v) is 8.93. The van der Waals surface area contributed by atoms with Crippen LogP contribution >= 0.6 is 0 Å². The number of unbranched alkanes of at least 4 members (excludes halogenated alkanes) is 2. The Hall–Kier alpha value is -2.17. The third-order valence-electron chi connectivity index (χ3n) is 5.30. The lowest BCUT2D eigenvalue weighted by molar-refractivity contribution is 0.00386. The first kappa shape index (κ1) is 16.3. The molecular formula is C18H23N5O2. The van der Waals surface area contributed by atoms with Crippen LogP contribution in [0.1, 0.15) is 44.5 Å². The number of nitrogens with zero attached hydrogens (tertiary/aromatic N) is 4. The summed E-state index contributed by atoms with van der Waals surface area (Å²) in [7, 11) is 1.79. The number of aliphatic hydroxyl groups is 2. The molecule has 2 saturated carbocycles. The van der Waals surface area contributed by atoms with Crippen LogP contribution in [-0.4, -0.2) is 49.0 Å². The topological polar surface area (TPSA) is 96.1 Å². The van der Waals surface area contributed by atoms with E-state index in [0.717, 1.165) is 25.7 Å². The van der Waals surface area contributed by atoms with Crippen molar-refractivity contribution in [2.24, 2.45) is 11.8 Å². The molecule has 25 heavy (non-hydrogen) atoms. The van der Waals surface area contributed by atoms with Crippen LogP contribution in [0.3, 0.4) is 0 Å². The van der Waals surface area contributed by atoms with Gasteiger partial charge in [0.25, 0.3) is 0 Å². The van der Waals surface area contributed by atoms with Crippen LogP contribution in [0.4, 0.5) is 5.82 Å². The number of rotatable bonds is 4. The lowest BCUT2D eigenvalue weighted by Crippen LogP contribution is -2.31. The molecule has 0 bridgehead atoms. The maximum atomic E-state index is 10.4. The molecule has 2 aliphatic rings. The first-order chi connectivity index (χ1) is 12.2. The third kappa shape index (κ3) is 2.66. The average molecular weight is 341 g/mol. The summed E-state index contributed by atoms with van der Waals surface area (Å²) in [4.78, 5) is 13.5. The number of nitrogens with one attached hydrogen (secondary N) is 1. The molecule has 2 fully saturated rings. The lowest BCUT2D eigenvalue weighted by Gasteiger charge is -2.22. The molecule has 132 valence electrons. The monoisotopic (exact) mass is 341 g/mol. The Bertz CT molecular complexity index is 852. The molecule has 0 spiro atoms. The van der Waals surface area contributed by atoms with Crippen molar-refractivity contribution in [3.8, 4) is 11.8 Å². The lowest BCUT2D eigenvalue weighted by atomic mass is 10.1. The molecule has 0 aliphatic heterocycles. The van der Waals surface area contributed by atoms with E-state index in [1.165, 1.54) is 0 Å². The van der Waals surface area contributed by atoms with Gasteiger partial charge in [-0.3, -0.25) is 0 Å². The highest BCUT2D eigenvalue weighted by Crippen LogP contribution is 2.57. The number of anilines is 1. The second-order valence-electron chi connectivity index (χ2n) is 6.91. The molecule has 0 aromatic carbocycles. The van der Waals surface area contributed by atoms with Gasteiger partial charge in [-0.15, -0.1) is 0 Å². The predicted molar refractivity (Wildman–Crippen MR) is 93.9 cm³/mol. The van der Waals surface area contributed by atoms with Gasteiger partial charge in [0.15, 0.2) is 17.0 Å². The quantitative estimate of drug-likeness (QED) is 0.573. The van der Waals surface area contributed by atoms with E-state index in [4.69, 9.17) is 0 Å². The van der Waals surface area contributed by atoms with Crippen molar-refractivity contribution in [1.82, 2.24) is 19.5 Å². The third-order valence-corrected chi connectivity index (χ3v) is 5.30. The van der Waals surface area contributed by atoms with Gasteiger partial charge >= 0.3 is 0 Å². The van der Waals surface area contributed by atoms with E-state index in [1.54, 1.807) is 13.4 Å². The summed E-state index contributed by atoms with van der Waals surface area (Å²) >= 11 is 0. The number of aliphatic hydroxyl groups excluding tert-OH is 2. The number of hydrogen-bond acceptors (Lipinski definition) is 6. The highest BCUT2D eigenvalue weighted by Gasteiger charge is 2.60. The Morgan fingerprint density at radius 2 is 2.12 bits per heavy atom. The van der Waals surface area contributed by atoms with Crippen LogP contribution in [0.2, 0.25) is 0 Å². The number of aromatic nitrogens is 4. The Morgan fingerprint density at radius 1 is 1.28 bits per heavy atom. The number of imidazole rings is 1. The normalized spacial score (nSPS) is 30.0. The van der Waals surface area contributed by atoms with E-state index in [-0.39, 0.29) is 17.9 Å². The zero-order chi connectivity index (χ0) is 17.6. The van der Waals surface area contributed by atoms with Crippen molar-refractivity contribution in [3.63, 3.8) is 0 Å². The van der Waals surface area contributed by atoms with E-state index in [1.807, 2.05) is 4.57 Å². The van der Waals surface area contributed by atoms with Crippen molar-refractivity contribution in [1.29, 1.82) is 0 Å². The van der Waals surface area contributed by atoms with E-state index in [0.29, 0.717) is 22.8 Å². The smallest absolute Gasteiger partial charge is 0.208 e. The molecule has 2 aromatic heterocycles. The molecule has 2 aliphatic carbocycles. The first-order valence-electron chi connectivity index (χ1n) is 8.93. The summed E-state index contributed by atoms with van der Waals surface area (Å²) in [5, 5.41) is 23.6. The molecule has 2 heterocycles. The number of hydrogen-bond donors (Lipinski definition) is 3. The minimum Gasteiger partial charge on any atom is -0.390 e. The highest BCUT2D eigenvalue weighted by molar-refractivity contribution is 5.83. The standard InChI is InChI=1S/C18H23N5O2/c1-3-4-5-6-7-12-21-17(19-2)13-18(22-12)23(9-20-13)14-10-8-11(10)15(24)16(14)25/h9-11,14-16,24-25H,3-5,8H2,1-2H3,(H,19,21,22)/t10-,11+,14+,15+,16-/m0/s1. The van der Waals surface area contributed by atoms with E-state index in [2.05, 4.69) is 39.0 Å². The van der Waals surface area contributed by atoms with Crippen molar-refractivity contribution in [3.05, 3.63) is 12.2 Å². The predicted octanol–water partition coefficient (Wildman–Crippen LogP) is 1.32. The van der Waals surface area contributed by atoms with Gasteiger partial charge in [0.1, 0.15) is 6.10 Å². The molecule has 5 atom stereocenters. The fourth-order valence-electron chi connectivity index (χ4n) is 3.87. The fourth-order valence-corrected chi connectivity index (χ4v) is 3.87. The van der Waals surface area contributed by atoms with E-state index in [9.17, 15) is 10.2 Å². The Morgan fingerprint density at radius 3 is 2.80 bits per heavy atom. The average Bonchev–Trinajstić information content (AvgIpc) is 3.23. The van der Waals surface area contributed by atoms with Crippen LogP contribution in [0, 0.1) is 23.7 Å². The van der Waals surface area contributed by atoms with Crippen molar-refractivity contribution < 1.29 is 10.2 Å². The maximum absolute atomic E-state index is 10.4. The second kappa shape index (κ2) is 6.28. The molecule has 7 nitrogen and oxygen atoms in total. The minimum absolute atomic E-state index is 0.189. The van der Waals surface area contributed by atoms with Gasteiger partial charge < -0.3 is 20.1 Å². The summed E-state index contributed by atoms with van der Waals surface area (Å²) in [5.41, 5.74) is 1.32. The summed E-state index contributed by atoms with van der Waals surface area (Å²) in [6, 6.07) is -0.189. The zero-order valence-electron chi connectivity index (χ0n) is 14.5. The molecule has 3 N–H and O–H groups in total. The van der Waals surface area contributed by atoms with Gasteiger partial charge in [0.05, 0.1) is 18.5 Å². The zero-order valence-corrected chi connectivity index (χ0v) is 14.5. The van der Waals surface area contributed by atoms with Gasteiger partial charge in [-0.1, -0.05) is 19.3 Å². The van der Waals surface area contributed by atoms with Crippen LogP contribution in [0.5, 0.6) is 0 Å². The Labute approximate surface area is 146 Å². The van der Waals surface area contributed by atoms with Gasteiger partial charge in [-0.25, -0.2) is 15.0 Å². The Kier molecular flexibility index (Phi) is 4.10. The van der Waals surface area contributed by atoms with Gasteiger partial charge in [0, 0.05) is 13.5 Å². The van der Waals surface area contributed by atoms with E-state index >= 15 is 0 Å². The second-order valence-corrected chi connectivity index (χ2v) is 6.91. The van der Waals surface area contributed by atoms with E-state index < -0.39 is 12.2 Å². The van der Waals surface area contributed by atoms with Crippen LogP contribution < -0.4 is 5.32 Å². The summed E-state index contributed by atoms with van der Waals surface area (Å²) in [6.45, 7) is 2.13. The summed E-state index contributed by atoms with van der Waals surface area (Å²) in [6.07, 6.45) is 4.17. The molecule has 2 aromatic rings. The van der Waals surface area contributed by atoms with Gasteiger partial charge in [-0.2, -0.15) is 0 Å². The largest absolute Gasteiger partial charge is 0.390 e. The van der Waals surface area contributed by atoms with Crippen molar-refractivity contribution in [2.75, 3.05) is 12.4 Å². The molecule has 4 rings (SSSR count). The summed E-state index contributed by atoms with van der Waals surface area (Å²) < 4.78 is 1.89. The molecular weight excluding hydrogens is 318 g/mol. The SMILES string of the molecule is CCCCC#Cc1nc(NC)c2ncn([C@H]3[C@H](O)[C@H](O)[C@@H]4C[C@@H]43)c2n1. The molecule has 0 amide bonds. The molecule has 0 unspecified atom stereocenters. The maximum Gasteiger partial charge on any atom is 0.208 e. The van der Waals surface area contributed by atoms with Crippen molar-refractivity contribution >= 4 is 17.0 Å². The molecule has 0 radical (unpaired) electrons.